The fourth-order valence-electron chi connectivity index (χ4n) is 3.53. The molecule has 0 amide bonds. The van der Waals surface area contributed by atoms with E-state index in [9.17, 15) is 0 Å². The van der Waals surface area contributed by atoms with Crippen molar-refractivity contribution >= 4 is 5.96 Å². The Morgan fingerprint density at radius 3 is 2.62 bits per heavy atom. The molecule has 0 heterocycles. The van der Waals surface area contributed by atoms with E-state index in [0.717, 1.165) is 42.2 Å². The predicted molar refractivity (Wildman–Crippen MR) is 107 cm³/mol. The fourth-order valence-corrected chi connectivity index (χ4v) is 3.53. The number of hydrogen-bond acceptors (Lipinski definition) is 4. The lowest BCUT2D eigenvalue weighted by Crippen LogP contribution is -2.43. The van der Waals surface area contributed by atoms with Gasteiger partial charge in [-0.05, 0) is 45.0 Å². The number of hydrogen-bond donors (Lipinski definition) is 2. The fraction of sp³-hybridized carbons (Fsp3) is 0.650. The van der Waals surface area contributed by atoms with Gasteiger partial charge >= 0.3 is 0 Å². The van der Waals surface area contributed by atoms with E-state index in [0.29, 0.717) is 0 Å². The minimum Gasteiger partial charge on any atom is -0.497 e. The highest BCUT2D eigenvalue weighted by molar-refractivity contribution is 5.80. The van der Waals surface area contributed by atoms with Gasteiger partial charge in [-0.15, -0.1) is 0 Å². The van der Waals surface area contributed by atoms with Crippen LogP contribution in [0.15, 0.2) is 23.2 Å². The molecule has 146 valence electrons. The normalized spacial score (nSPS) is 16.6. The average Bonchev–Trinajstić information content (AvgIpc) is 3.21. The van der Waals surface area contributed by atoms with E-state index in [4.69, 9.17) is 9.47 Å². The number of methoxy groups -OCH3 is 2. The topological polar surface area (TPSA) is 58.1 Å². The van der Waals surface area contributed by atoms with E-state index in [1.807, 2.05) is 18.2 Å². The Morgan fingerprint density at radius 2 is 2.00 bits per heavy atom. The number of guanidine groups is 1. The van der Waals surface area contributed by atoms with E-state index in [2.05, 4.69) is 34.5 Å². The van der Waals surface area contributed by atoms with Crippen molar-refractivity contribution in [1.82, 2.24) is 15.5 Å². The molecular weight excluding hydrogens is 328 g/mol. The van der Waals surface area contributed by atoms with Gasteiger partial charge in [0.1, 0.15) is 11.5 Å². The van der Waals surface area contributed by atoms with Crippen LogP contribution >= 0.6 is 0 Å². The summed E-state index contributed by atoms with van der Waals surface area (Å²) in [6.07, 6.45) is 5.39. The van der Waals surface area contributed by atoms with Crippen molar-refractivity contribution < 1.29 is 9.47 Å². The first-order valence-corrected chi connectivity index (χ1v) is 9.48. The van der Waals surface area contributed by atoms with E-state index >= 15 is 0 Å². The maximum absolute atomic E-state index is 5.49. The highest BCUT2D eigenvalue weighted by Gasteiger charge is 2.19. The molecule has 0 spiro atoms. The lowest BCUT2D eigenvalue weighted by atomic mass is 10.1. The van der Waals surface area contributed by atoms with Crippen molar-refractivity contribution in [2.24, 2.45) is 4.99 Å². The molecule has 0 saturated heterocycles. The van der Waals surface area contributed by atoms with E-state index in [1.54, 1.807) is 21.3 Å². The second-order valence-corrected chi connectivity index (χ2v) is 6.89. The first kappa shape index (κ1) is 20.4. The summed E-state index contributed by atoms with van der Waals surface area (Å²) in [4.78, 5) is 6.81. The molecule has 2 rings (SSSR count). The quantitative estimate of drug-likeness (QED) is 0.550. The Balaban J connectivity index is 1.88. The molecule has 1 aromatic carbocycles. The van der Waals surface area contributed by atoms with Crippen LogP contribution in [0.2, 0.25) is 0 Å². The van der Waals surface area contributed by atoms with Gasteiger partial charge in [0.05, 0.1) is 20.3 Å². The van der Waals surface area contributed by atoms with Crippen LogP contribution in [-0.4, -0.2) is 58.3 Å². The minimum absolute atomic E-state index is 0.0406. The summed E-state index contributed by atoms with van der Waals surface area (Å²) in [5.74, 6) is 2.44. The highest BCUT2D eigenvalue weighted by atomic mass is 16.5. The molecule has 1 atom stereocenters. The summed E-state index contributed by atoms with van der Waals surface area (Å²) in [5, 5.41) is 6.85. The molecule has 6 heteroatoms. The third-order valence-corrected chi connectivity index (χ3v) is 5.19. The van der Waals surface area contributed by atoms with Crippen molar-refractivity contribution in [3.63, 3.8) is 0 Å². The second kappa shape index (κ2) is 10.3. The summed E-state index contributed by atoms with van der Waals surface area (Å²) in [5.41, 5.74) is 1.04. The summed E-state index contributed by atoms with van der Waals surface area (Å²) in [6, 6.07) is 6.61. The zero-order valence-corrected chi connectivity index (χ0v) is 16.8. The van der Waals surface area contributed by atoms with Crippen LogP contribution in [0, 0.1) is 0 Å². The lowest BCUT2D eigenvalue weighted by molar-refractivity contribution is 0.249. The van der Waals surface area contributed by atoms with Crippen LogP contribution in [0.4, 0.5) is 0 Å². The van der Waals surface area contributed by atoms with Gasteiger partial charge in [0.15, 0.2) is 5.96 Å². The SMILES string of the molecule is CN=C(NCCN(C)C1CCCC1)NC(C)c1cc(OC)ccc1OC. The Morgan fingerprint density at radius 1 is 1.27 bits per heavy atom. The summed E-state index contributed by atoms with van der Waals surface area (Å²) in [6.45, 7) is 3.98. The number of benzene rings is 1. The molecule has 0 aromatic heterocycles. The van der Waals surface area contributed by atoms with Gasteiger partial charge in [0.25, 0.3) is 0 Å². The van der Waals surface area contributed by atoms with Gasteiger partial charge in [0, 0.05) is 31.7 Å². The molecular formula is C20H34N4O2. The Labute approximate surface area is 158 Å². The molecule has 1 aromatic rings. The standard InChI is InChI=1S/C20H34N4O2/c1-15(18-14-17(25-4)10-11-19(18)26-5)23-20(21-2)22-12-13-24(3)16-8-6-7-9-16/h10-11,14-16H,6-9,12-13H2,1-5H3,(H2,21,22,23). The molecule has 1 aliphatic carbocycles. The molecule has 0 bridgehead atoms. The van der Waals surface area contributed by atoms with Gasteiger partial charge in [-0.2, -0.15) is 0 Å². The van der Waals surface area contributed by atoms with Gasteiger partial charge < -0.3 is 25.0 Å². The molecule has 1 saturated carbocycles. The predicted octanol–water partition coefficient (Wildman–Crippen LogP) is 2.80. The van der Waals surface area contributed by atoms with Gasteiger partial charge in [-0.25, -0.2) is 0 Å². The molecule has 2 N–H and O–H groups in total. The van der Waals surface area contributed by atoms with Gasteiger partial charge in [-0.1, -0.05) is 12.8 Å². The maximum atomic E-state index is 5.49. The molecule has 0 radical (unpaired) electrons. The number of nitrogens with one attached hydrogen (secondary N) is 2. The Hall–Kier alpha value is -1.95. The van der Waals surface area contributed by atoms with Gasteiger partial charge in [-0.3, -0.25) is 4.99 Å². The number of aliphatic imine (C=N–C) groups is 1. The second-order valence-electron chi connectivity index (χ2n) is 6.89. The van der Waals surface area contributed by atoms with Crippen LogP contribution < -0.4 is 20.1 Å². The van der Waals surface area contributed by atoms with Crippen LogP contribution in [0.1, 0.15) is 44.2 Å². The Kier molecular flexibility index (Phi) is 8.04. The largest absolute Gasteiger partial charge is 0.497 e. The molecule has 6 nitrogen and oxygen atoms in total. The van der Waals surface area contributed by atoms with Crippen molar-refractivity contribution in [2.45, 2.75) is 44.7 Å². The third-order valence-electron chi connectivity index (χ3n) is 5.19. The zero-order chi connectivity index (χ0) is 18.9. The van der Waals surface area contributed by atoms with E-state index in [-0.39, 0.29) is 6.04 Å². The van der Waals surface area contributed by atoms with E-state index in [1.165, 1.54) is 25.7 Å². The van der Waals surface area contributed by atoms with Crippen molar-refractivity contribution in [3.8, 4) is 11.5 Å². The van der Waals surface area contributed by atoms with Crippen molar-refractivity contribution in [2.75, 3.05) is 41.4 Å². The average molecular weight is 363 g/mol. The van der Waals surface area contributed by atoms with Crippen LogP contribution in [0.3, 0.4) is 0 Å². The molecule has 26 heavy (non-hydrogen) atoms. The molecule has 1 fully saturated rings. The van der Waals surface area contributed by atoms with Crippen LogP contribution in [-0.2, 0) is 0 Å². The monoisotopic (exact) mass is 362 g/mol. The molecule has 1 aliphatic rings. The first-order valence-electron chi connectivity index (χ1n) is 9.48. The van der Waals surface area contributed by atoms with Gasteiger partial charge in [0.2, 0.25) is 0 Å². The number of ether oxygens (including phenoxy) is 2. The van der Waals surface area contributed by atoms with Crippen LogP contribution in [0.25, 0.3) is 0 Å². The first-order chi connectivity index (χ1) is 12.6. The summed E-state index contributed by atoms with van der Waals surface area (Å²) >= 11 is 0. The third kappa shape index (κ3) is 5.53. The lowest BCUT2D eigenvalue weighted by Gasteiger charge is -2.25. The zero-order valence-electron chi connectivity index (χ0n) is 16.8. The number of nitrogens with zero attached hydrogens (tertiary/aromatic N) is 2. The van der Waals surface area contributed by atoms with Crippen molar-refractivity contribution in [3.05, 3.63) is 23.8 Å². The van der Waals surface area contributed by atoms with E-state index < -0.39 is 0 Å². The highest BCUT2D eigenvalue weighted by Crippen LogP contribution is 2.29. The summed E-state index contributed by atoms with van der Waals surface area (Å²) < 4.78 is 10.8. The maximum Gasteiger partial charge on any atom is 0.191 e. The van der Waals surface area contributed by atoms with Crippen LogP contribution in [0.5, 0.6) is 11.5 Å². The number of likely N-dealkylation sites (N-methyl/N-ethyl adjacent to an activating group) is 1. The van der Waals surface area contributed by atoms with Crippen molar-refractivity contribution in [1.29, 1.82) is 0 Å². The number of rotatable bonds is 8. The molecule has 0 aliphatic heterocycles. The molecule has 1 unspecified atom stereocenters. The smallest absolute Gasteiger partial charge is 0.191 e. The Bertz CT molecular complexity index is 585. The summed E-state index contributed by atoms with van der Waals surface area (Å²) in [7, 11) is 7.37. The minimum atomic E-state index is 0.0406.